The van der Waals surface area contributed by atoms with E-state index in [-0.39, 0.29) is 6.04 Å². The standard InChI is InChI=1S/C20H32N2O3/c1-4-25-17-8-7-16(13-18(17)24-3)14-21-12-9-20(2,23)19(15-21)22-10-5-6-11-22/h7-8,13,19,23H,4-6,9-12,14-15H2,1-3H3/t19-,20-/m1/s1. The molecule has 0 radical (unpaired) electrons. The number of ether oxygens (including phenoxy) is 2. The van der Waals surface area contributed by atoms with Crippen molar-refractivity contribution < 1.29 is 14.6 Å². The molecule has 2 aliphatic rings. The normalized spacial score (nSPS) is 28.2. The number of nitrogens with zero attached hydrogens (tertiary/aromatic N) is 2. The fraction of sp³-hybridized carbons (Fsp3) is 0.700. The van der Waals surface area contributed by atoms with Gasteiger partial charge < -0.3 is 14.6 Å². The van der Waals surface area contributed by atoms with Crippen molar-refractivity contribution in [1.82, 2.24) is 9.80 Å². The first-order chi connectivity index (χ1) is 12.0. The monoisotopic (exact) mass is 348 g/mol. The predicted molar refractivity (Wildman–Crippen MR) is 99.3 cm³/mol. The van der Waals surface area contributed by atoms with Crippen LogP contribution in [0, 0.1) is 0 Å². The van der Waals surface area contributed by atoms with Crippen LogP contribution in [0.5, 0.6) is 11.5 Å². The summed E-state index contributed by atoms with van der Waals surface area (Å²) in [4.78, 5) is 4.93. The highest BCUT2D eigenvalue weighted by Crippen LogP contribution is 2.31. The van der Waals surface area contributed by atoms with Crippen LogP contribution < -0.4 is 9.47 Å². The van der Waals surface area contributed by atoms with Gasteiger partial charge in [0.15, 0.2) is 11.5 Å². The van der Waals surface area contributed by atoms with Gasteiger partial charge in [0.1, 0.15) is 0 Å². The van der Waals surface area contributed by atoms with Gasteiger partial charge in [-0.25, -0.2) is 0 Å². The quantitative estimate of drug-likeness (QED) is 0.856. The summed E-state index contributed by atoms with van der Waals surface area (Å²) >= 11 is 0. The van der Waals surface area contributed by atoms with Crippen LogP contribution in [0.1, 0.15) is 38.7 Å². The summed E-state index contributed by atoms with van der Waals surface area (Å²) in [7, 11) is 1.68. The van der Waals surface area contributed by atoms with E-state index in [9.17, 15) is 5.11 Å². The zero-order chi connectivity index (χ0) is 17.9. The fourth-order valence-corrected chi connectivity index (χ4v) is 4.13. The summed E-state index contributed by atoms with van der Waals surface area (Å²) < 4.78 is 11.1. The smallest absolute Gasteiger partial charge is 0.161 e. The molecule has 2 fully saturated rings. The second-order valence-electron chi connectivity index (χ2n) is 7.52. The summed E-state index contributed by atoms with van der Waals surface area (Å²) in [5, 5.41) is 10.9. The molecular weight excluding hydrogens is 316 g/mol. The second-order valence-corrected chi connectivity index (χ2v) is 7.52. The van der Waals surface area contributed by atoms with Crippen LogP contribution in [0.3, 0.4) is 0 Å². The average molecular weight is 348 g/mol. The highest BCUT2D eigenvalue weighted by molar-refractivity contribution is 5.43. The van der Waals surface area contributed by atoms with Gasteiger partial charge >= 0.3 is 0 Å². The summed E-state index contributed by atoms with van der Waals surface area (Å²) in [6.45, 7) is 9.57. The van der Waals surface area contributed by atoms with E-state index in [1.807, 2.05) is 19.9 Å². The van der Waals surface area contributed by atoms with E-state index in [0.29, 0.717) is 6.61 Å². The van der Waals surface area contributed by atoms with Crippen molar-refractivity contribution in [1.29, 1.82) is 0 Å². The first-order valence-corrected chi connectivity index (χ1v) is 9.52. The van der Waals surface area contributed by atoms with E-state index in [0.717, 1.165) is 50.6 Å². The molecular formula is C20H32N2O3. The molecule has 1 aromatic carbocycles. The van der Waals surface area contributed by atoms with Crippen molar-refractivity contribution in [2.45, 2.75) is 51.3 Å². The molecule has 1 N–H and O–H groups in total. The maximum Gasteiger partial charge on any atom is 0.161 e. The molecule has 5 heteroatoms. The van der Waals surface area contributed by atoms with Gasteiger partial charge in [0.25, 0.3) is 0 Å². The molecule has 1 aromatic rings. The van der Waals surface area contributed by atoms with E-state index in [4.69, 9.17) is 9.47 Å². The van der Waals surface area contributed by atoms with Gasteiger partial charge in [0.2, 0.25) is 0 Å². The first-order valence-electron chi connectivity index (χ1n) is 9.52. The van der Waals surface area contributed by atoms with Gasteiger partial charge in [0.05, 0.1) is 25.4 Å². The van der Waals surface area contributed by atoms with E-state index >= 15 is 0 Å². The lowest BCUT2D eigenvalue weighted by Gasteiger charge is -2.46. The molecule has 25 heavy (non-hydrogen) atoms. The Hall–Kier alpha value is -1.30. The number of benzene rings is 1. The van der Waals surface area contributed by atoms with Gasteiger partial charge in [-0.1, -0.05) is 6.07 Å². The molecule has 2 heterocycles. The summed E-state index contributed by atoms with van der Waals surface area (Å²) in [5.74, 6) is 1.59. The molecule has 2 atom stereocenters. The van der Waals surface area contributed by atoms with Gasteiger partial charge in [-0.15, -0.1) is 0 Å². The van der Waals surface area contributed by atoms with Crippen molar-refractivity contribution >= 4 is 0 Å². The average Bonchev–Trinajstić information content (AvgIpc) is 3.12. The van der Waals surface area contributed by atoms with Crippen LogP contribution in [-0.2, 0) is 6.54 Å². The van der Waals surface area contributed by atoms with Gasteiger partial charge in [-0.05, 0) is 63.9 Å². The largest absolute Gasteiger partial charge is 0.493 e. The topological polar surface area (TPSA) is 45.2 Å². The molecule has 2 aliphatic heterocycles. The van der Waals surface area contributed by atoms with Gasteiger partial charge in [-0.3, -0.25) is 9.80 Å². The Labute approximate surface area is 151 Å². The highest BCUT2D eigenvalue weighted by Gasteiger charge is 2.41. The minimum atomic E-state index is -0.586. The van der Waals surface area contributed by atoms with Crippen LogP contribution in [-0.4, -0.2) is 66.4 Å². The van der Waals surface area contributed by atoms with Crippen LogP contribution in [0.25, 0.3) is 0 Å². The van der Waals surface area contributed by atoms with Crippen molar-refractivity contribution in [3.63, 3.8) is 0 Å². The maximum atomic E-state index is 10.9. The Morgan fingerprint density at radius 3 is 2.64 bits per heavy atom. The molecule has 0 aromatic heterocycles. The molecule has 5 nitrogen and oxygen atoms in total. The van der Waals surface area contributed by atoms with E-state index in [1.165, 1.54) is 18.4 Å². The second kappa shape index (κ2) is 7.94. The van der Waals surface area contributed by atoms with Crippen molar-refractivity contribution in [3.05, 3.63) is 23.8 Å². The molecule has 0 spiro atoms. The Morgan fingerprint density at radius 2 is 1.96 bits per heavy atom. The maximum absolute atomic E-state index is 10.9. The fourth-order valence-electron chi connectivity index (χ4n) is 4.13. The van der Waals surface area contributed by atoms with Crippen molar-refractivity contribution in [3.8, 4) is 11.5 Å². The van der Waals surface area contributed by atoms with E-state index in [1.54, 1.807) is 7.11 Å². The van der Waals surface area contributed by atoms with Crippen LogP contribution >= 0.6 is 0 Å². The van der Waals surface area contributed by atoms with Gasteiger partial charge in [-0.2, -0.15) is 0 Å². The van der Waals surface area contributed by atoms with E-state index < -0.39 is 5.60 Å². The number of piperidine rings is 1. The number of hydrogen-bond donors (Lipinski definition) is 1. The molecule has 0 unspecified atom stereocenters. The minimum absolute atomic E-state index is 0.230. The number of aliphatic hydroxyl groups is 1. The van der Waals surface area contributed by atoms with Crippen LogP contribution in [0.2, 0.25) is 0 Å². The lowest BCUT2D eigenvalue weighted by molar-refractivity contribution is -0.0776. The highest BCUT2D eigenvalue weighted by atomic mass is 16.5. The number of rotatable bonds is 6. The summed E-state index contributed by atoms with van der Waals surface area (Å²) in [6.07, 6.45) is 3.33. The van der Waals surface area contributed by atoms with E-state index in [2.05, 4.69) is 21.9 Å². The van der Waals surface area contributed by atoms with Crippen molar-refractivity contribution in [2.24, 2.45) is 0 Å². The Bertz CT molecular complexity index is 570. The molecule has 140 valence electrons. The SMILES string of the molecule is CCOc1ccc(CN2CC[C@@](C)(O)[C@H](N3CCCC3)C2)cc1OC. The molecule has 0 amide bonds. The molecule has 3 rings (SSSR count). The lowest BCUT2D eigenvalue weighted by Crippen LogP contribution is -2.60. The third-order valence-electron chi connectivity index (χ3n) is 5.60. The number of likely N-dealkylation sites (tertiary alicyclic amines) is 2. The molecule has 2 saturated heterocycles. The molecule has 0 aliphatic carbocycles. The lowest BCUT2D eigenvalue weighted by atomic mass is 9.87. The van der Waals surface area contributed by atoms with Crippen molar-refractivity contribution in [2.75, 3.05) is 39.9 Å². The van der Waals surface area contributed by atoms with Crippen LogP contribution in [0.4, 0.5) is 0 Å². The minimum Gasteiger partial charge on any atom is -0.493 e. The number of methoxy groups -OCH3 is 1. The third kappa shape index (κ3) is 4.27. The molecule has 0 bridgehead atoms. The third-order valence-corrected chi connectivity index (χ3v) is 5.60. The number of hydrogen-bond acceptors (Lipinski definition) is 5. The van der Waals surface area contributed by atoms with Gasteiger partial charge in [0, 0.05) is 19.6 Å². The van der Waals surface area contributed by atoms with Crippen LogP contribution in [0.15, 0.2) is 18.2 Å². The Morgan fingerprint density at radius 1 is 1.20 bits per heavy atom. The predicted octanol–water partition coefficient (Wildman–Crippen LogP) is 2.52. The first kappa shape index (κ1) is 18.5. The Kier molecular flexibility index (Phi) is 5.87. The molecule has 0 saturated carbocycles. The zero-order valence-corrected chi connectivity index (χ0v) is 15.8. The Balaban J connectivity index is 1.68. The summed E-state index contributed by atoms with van der Waals surface area (Å²) in [5.41, 5.74) is 0.638. The zero-order valence-electron chi connectivity index (χ0n) is 15.8. The summed E-state index contributed by atoms with van der Waals surface area (Å²) in [6, 6.07) is 6.41.